The molecular weight excluding hydrogens is 236 g/mol. The van der Waals surface area contributed by atoms with Gasteiger partial charge in [-0.15, -0.1) is 0 Å². The van der Waals surface area contributed by atoms with E-state index in [4.69, 9.17) is 8.71 Å². The molecule has 0 saturated carbocycles. The van der Waals surface area contributed by atoms with Gasteiger partial charge in [0.2, 0.25) is 5.89 Å². The topological polar surface area (TPSA) is 48.2 Å². The molecule has 90 valence electrons. The second-order valence-corrected chi connectivity index (χ2v) is 4.61. The Kier molecular flexibility index (Phi) is 3.81. The van der Waals surface area contributed by atoms with Crippen LogP contribution in [0.4, 0.5) is 0 Å². The lowest BCUT2D eigenvalue weighted by atomic mass is 10.2. The zero-order chi connectivity index (χ0) is 12.3. The van der Waals surface area contributed by atoms with Gasteiger partial charge in [0.1, 0.15) is 6.61 Å². The molecule has 1 heterocycles. The van der Waals surface area contributed by atoms with Crippen molar-refractivity contribution in [1.29, 1.82) is 0 Å². The minimum absolute atomic E-state index is 0.343. The van der Waals surface area contributed by atoms with E-state index in [1.807, 2.05) is 6.07 Å². The fourth-order valence-corrected chi connectivity index (χ4v) is 2.15. The third-order valence-electron chi connectivity index (χ3n) is 2.31. The first-order valence-electron chi connectivity index (χ1n) is 5.31. The fourth-order valence-electron chi connectivity index (χ4n) is 1.47. The number of benzene rings is 1. The number of aromatic nitrogens is 2. The van der Waals surface area contributed by atoms with E-state index in [1.165, 1.54) is 23.2 Å². The predicted molar refractivity (Wildman–Crippen MR) is 65.6 cm³/mol. The van der Waals surface area contributed by atoms with Crippen LogP contribution in [0, 0.1) is 20.8 Å². The first-order chi connectivity index (χ1) is 8.16. The summed E-state index contributed by atoms with van der Waals surface area (Å²) in [6.45, 7) is 6.24. The molecular formula is C12H14N2O2S. The Balaban J connectivity index is 1.94. The van der Waals surface area contributed by atoms with Gasteiger partial charge < -0.3 is 8.71 Å². The molecule has 0 radical (unpaired) electrons. The van der Waals surface area contributed by atoms with Crippen LogP contribution in [-0.2, 0) is 10.8 Å². The smallest absolute Gasteiger partial charge is 0.223 e. The Morgan fingerprint density at radius 3 is 2.53 bits per heavy atom. The average molecular weight is 250 g/mol. The molecule has 4 nitrogen and oxygen atoms in total. The van der Waals surface area contributed by atoms with Gasteiger partial charge in [-0.1, -0.05) is 23.4 Å². The molecule has 17 heavy (non-hydrogen) atoms. The fraction of sp³-hybridized carbons (Fsp3) is 0.333. The van der Waals surface area contributed by atoms with Crippen LogP contribution >= 0.6 is 12.0 Å². The molecule has 0 atom stereocenters. The van der Waals surface area contributed by atoms with Crippen LogP contribution in [0.5, 0.6) is 0 Å². The lowest BCUT2D eigenvalue weighted by Gasteiger charge is -2.07. The van der Waals surface area contributed by atoms with Crippen molar-refractivity contribution in [2.75, 3.05) is 0 Å². The average Bonchev–Trinajstić information content (AvgIpc) is 2.69. The number of aryl methyl sites for hydroxylation is 3. The van der Waals surface area contributed by atoms with Gasteiger partial charge in [0.25, 0.3) is 0 Å². The van der Waals surface area contributed by atoms with E-state index in [0.29, 0.717) is 18.3 Å². The Morgan fingerprint density at radius 1 is 1.24 bits per heavy atom. The summed E-state index contributed by atoms with van der Waals surface area (Å²) in [4.78, 5) is 5.22. The summed E-state index contributed by atoms with van der Waals surface area (Å²) in [5.41, 5.74) is 2.42. The quantitative estimate of drug-likeness (QED) is 0.780. The van der Waals surface area contributed by atoms with Crippen LogP contribution in [0.2, 0.25) is 0 Å². The molecule has 0 aliphatic rings. The molecule has 2 rings (SSSR count). The van der Waals surface area contributed by atoms with Crippen LogP contribution < -0.4 is 0 Å². The van der Waals surface area contributed by atoms with Crippen molar-refractivity contribution in [3.05, 3.63) is 41.0 Å². The highest BCUT2D eigenvalue weighted by molar-refractivity contribution is 7.94. The predicted octanol–water partition coefficient (Wildman–Crippen LogP) is 3.22. The summed E-state index contributed by atoms with van der Waals surface area (Å²) in [7, 11) is 0. The summed E-state index contributed by atoms with van der Waals surface area (Å²) in [5, 5.41) is 3.77. The van der Waals surface area contributed by atoms with E-state index < -0.39 is 0 Å². The molecule has 0 fully saturated rings. The third kappa shape index (κ3) is 3.08. The molecule has 2 aromatic rings. The molecule has 0 unspecified atom stereocenters. The molecule has 1 aromatic carbocycles. The maximum Gasteiger partial charge on any atom is 0.223 e. The van der Waals surface area contributed by atoms with Gasteiger partial charge in [-0.25, -0.2) is 0 Å². The van der Waals surface area contributed by atoms with E-state index in [1.54, 1.807) is 6.92 Å². The van der Waals surface area contributed by atoms with Crippen molar-refractivity contribution >= 4 is 12.0 Å². The summed E-state index contributed by atoms with van der Waals surface area (Å²) in [6.07, 6.45) is 0. The summed E-state index contributed by atoms with van der Waals surface area (Å²) in [6, 6.07) is 6.17. The maximum atomic E-state index is 5.51. The van der Waals surface area contributed by atoms with Gasteiger partial charge in [0.05, 0.1) is 0 Å². The molecule has 0 spiro atoms. The second-order valence-electron chi connectivity index (χ2n) is 3.80. The minimum Gasteiger partial charge on any atom is -0.340 e. The van der Waals surface area contributed by atoms with E-state index in [-0.39, 0.29) is 0 Å². The van der Waals surface area contributed by atoms with Crippen molar-refractivity contribution in [2.24, 2.45) is 0 Å². The molecule has 5 heteroatoms. The molecule has 1 aromatic heterocycles. The van der Waals surface area contributed by atoms with Gasteiger partial charge in [-0.2, -0.15) is 4.98 Å². The number of rotatable bonds is 4. The SMILES string of the molecule is Cc1nc(COSc2c(C)cccc2C)no1. The Labute approximate surface area is 105 Å². The van der Waals surface area contributed by atoms with Crippen LogP contribution in [0.15, 0.2) is 27.6 Å². The summed E-state index contributed by atoms with van der Waals surface area (Å²) >= 11 is 1.36. The second kappa shape index (κ2) is 5.33. The zero-order valence-corrected chi connectivity index (χ0v) is 10.9. The first-order valence-corrected chi connectivity index (χ1v) is 6.06. The Bertz CT molecular complexity index is 491. The molecule has 0 aliphatic heterocycles. The van der Waals surface area contributed by atoms with Crippen molar-refractivity contribution in [3.8, 4) is 0 Å². The van der Waals surface area contributed by atoms with E-state index in [2.05, 4.69) is 36.1 Å². The molecule has 0 aliphatic carbocycles. The van der Waals surface area contributed by atoms with Crippen LogP contribution in [0.25, 0.3) is 0 Å². The largest absolute Gasteiger partial charge is 0.340 e. The summed E-state index contributed by atoms with van der Waals surface area (Å²) in [5.74, 6) is 1.13. The molecule has 0 saturated heterocycles. The van der Waals surface area contributed by atoms with Crippen molar-refractivity contribution in [1.82, 2.24) is 10.1 Å². The van der Waals surface area contributed by atoms with Gasteiger partial charge >= 0.3 is 0 Å². The highest BCUT2D eigenvalue weighted by Gasteiger charge is 2.06. The first kappa shape index (κ1) is 12.1. The van der Waals surface area contributed by atoms with E-state index in [9.17, 15) is 0 Å². The van der Waals surface area contributed by atoms with Gasteiger partial charge in [-0.05, 0) is 25.0 Å². The molecule has 0 amide bonds. The normalized spacial score (nSPS) is 10.8. The van der Waals surface area contributed by atoms with E-state index in [0.717, 1.165) is 4.90 Å². The highest BCUT2D eigenvalue weighted by atomic mass is 32.2. The lowest BCUT2D eigenvalue weighted by Crippen LogP contribution is -1.91. The van der Waals surface area contributed by atoms with Crippen molar-refractivity contribution in [3.63, 3.8) is 0 Å². The van der Waals surface area contributed by atoms with Gasteiger partial charge in [0.15, 0.2) is 5.82 Å². The monoisotopic (exact) mass is 250 g/mol. The van der Waals surface area contributed by atoms with Crippen LogP contribution in [0.1, 0.15) is 22.8 Å². The van der Waals surface area contributed by atoms with Gasteiger partial charge in [0, 0.05) is 23.9 Å². The lowest BCUT2D eigenvalue weighted by molar-refractivity contribution is 0.329. The van der Waals surface area contributed by atoms with Crippen LogP contribution in [0.3, 0.4) is 0 Å². The standard InChI is InChI=1S/C12H14N2O2S/c1-8-5-4-6-9(2)12(8)17-15-7-11-13-10(3)16-14-11/h4-6H,7H2,1-3H3. The Morgan fingerprint density at radius 2 is 1.94 bits per heavy atom. The Hall–Kier alpha value is -1.33. The molecule has 0 bridgehead atoms. The van der Waals surface area contributed by atoms with Gasteiger partial charge in [-0.3, -0.25) is 0 Å². The maximum absolute atomic E-state index is 5.51. The zero-order valence-electron chi connectivity index (χ0n) is 10.1. The van der Waals surface area contributed by atoms with Crippen LogP contribution in [-0.4, -0.2) is 10.1 Å². The summed E-state index contributed by atoms with van der Waals surface area (Å²) < 4.78 is 10.4. The van der Waals surface area contributed by atoms with Crippen molar-refractivity contribution < 1.29 is 8.71 Å². The van der Waals surface area contributed by atoms with E-state index >= 15 is 0 Å². The number of hydrogen-bond acceptors (Lipinski definition) is 5. The number of nitrogens with zero attached hydrogens (tertiary/aromatic N) is 2. The molecule has 0 N–H and O–H groups in total. The third-order valence-corrected chi connectivity index (χ3v) is 3.36. The van der Waals surface area contributed by atoms with Crippen molar-refractivity contribution in [2.45, 2.75) is 32.3 Å². The highest BCUT2D eigenvalue weighted by Crippen LogP contribution is 2.27. The minimum atomic E-state index is 0.343. The number of hydrogen-bond donors (Lipinski definition) is 0.